The molecule has 5 nitrogen and oxygen atoms in total. The van der Waals surface area contributed by atoms with Crippen LogP contribution in [-0.4, -0.2) is 58.0 Å². The van der Waals surface area contributed by atoms with Gasteiger partial charge in [-0.3, -0.25) is 9.69 Å². The van der Waals surface area contributed by atoms with Gasteiger partial charge in [0.15, 0.2) is 0 Å². The molecule has 1 fully saturated rings. The third kappa shape index (κ3) is 6.93. The van der Waals surface area contributed by atoms with Crippen LogP contribution in [-0.2, 0) is 0 Å². The lowest BCUT2D eigenvalue weighted by molar-refractivity contribution is 0.0741. The van der Waals surface area contributed by atoms with Gasteiger partial charge in [0.05, 0.1) is 11.7 Å². The average Bonchev–Trinajstić information content (AvgIpc) is 3.16. The smallest absolute Gasteiger partial charge is 0.253 e. The molecule has 1 amide bonds. The Kier molecular flexibility index (Phi) is 8.70. The van der Waals surface area contributed by atoms with Crippen molar-refractivity contribution in [3.05, 3.63) is 41.7 Å². The van der Waals surface area contributed by atoms with E-state index in [4.69, 9.17) is 0 Å². The van der Waals surface area contributed by atoms with E-state index in [-0.39, 0.29) is 5.91 Å². The highest BCUT2D eigenvalue weighted by Gasteiger charge is 2.18. The first-order valence-corrected chi connectivity index (χ1v) is 12.1. The van der Waals surface area contributed by atoms with Crippen molar-refractivity contribution in [2.45, 2.75) is 59.8 Å². The second-order valence-electron chi connectivity index (χ2n) is 9.77. The Labute approximate surface area is 188 Å². The largest absolute Gasteiger partial charge is 0.339 e. The molecule has 0 saturated carbocycles. The Morgan fingerprint density at radius 3 is 2.42 bits per heavy atom. The second kappa shape index (κ2) is 11.5. The zero-order valence-electron chi connectivity index (χ0n) is 19.9. The van der Waals surface area contributed by atoms with E-state index < -0.39 is 0 Å². The highest BCUT2D eigenvalue weighted by molar-refractivity contribution is 5.95. The van der Waals surface area contributed by atoms with Gasteiger partial charge >= 0.3 is 0 Å². The lowest BCUT2D eigenvalue weighted by atomic mass is 10.1. The highest BCUT2D eigenvalue weighted by atomic mass is 16.2. The van der Waals surface area contributed by atoms with Gasteiger partial charge in [0.2, 0.25) is 0 Å². The van der Waals surface area contributed by atoms with E-state index in [0.717, 1.165) is 49.1 Å². The summed E-state index contributed by atoms with van der Waals surface area (Å²) >= 11 is 0. The predicted molar refractivity (Wildman–Crippen MR) is 129 cm³/mol. The van der Waals surface area contributed by atoms with E-state index >= 15 is 0 Å². The number of carbonyl (C=O) groups excluding carboxylic acids is 1. The predicted octanol–water partition coefficient (Wildman–Crippen LogP) is 5.37. The lowest BCUT2D eigenvalue weighted by Gasteiger charge is -2.25. The number of nitrogens with zero attached hydrogens (tertiary/aromatic N) is 4. The molecule has 0 atom stereocenters. The van der Waals surface area contributed by atoms with Gasteiger partial charge in [-0.1, -0.05) is 46.3 Å². The molecule has 170 valence electrons. The summed E-state index contributed by atoms with van der Waals surface area (Å²) in [7, 11) is 0. The molecular weight excluding hydrogens is 384 g/mol. The molecule has 31 heavy (non-hydrogen) atoms. The van der Waals surface area contributed by atoms with Crippen molar-refractivity contribution >= 4 is 17.5 Å². The number of aromatic nitrogens is 2. The molecule has 0 radical (unpaired) electrons. The van der Waals surface area contributed by atoms with E-state index in [2.05, 4.69) is 49.8 Å². The summed E-state index contributed by atoms with van der Waals surface area (Å²) in [5.74, 6) is 1.31. The maximum absolute atomic E-state index is 13.3. The van der Waals surface area contributed by atoms with Gasteiger partial charge in [0, 0.05) is 37.0 Å². The first-order chi connectivity index (χ1) is 14.9. The van der Waals surface area contributed by atoms with Gasteiger partial charge in [-0.15, -0.1) is 0 Å². The molecule has 3 rings (SSSR count). The van der Waals surface area contributed by atoms with Gasteiger partial charge in [-0.25, -0.2) is 4.52 Å². The molecule has 0 bridgehead atoms. The number of rotatable bonds is 10. The molecule has 2 aromatic rings. The molecule has 3 heterocycles. The number of amides is 1. The normalized spacial score (nSPS) is 15.5. The summed E-state index contributed by atoms with van der Waals surface area (Å²) in [6, 6.07) is 3.91. The molecule has 0 spiro atoms. The molecule has 1 aliphatic heterocycles. The third-order valence-electron chi connectivity index (χ3n) is 6.15. The number of pyridine rings is 1. The molecule has 0 aliphatic carbocycles. The summed E-state index contributed by atoms with van der Waals surface area (Å²) < 4.78 is 1.87. The molecule has 1 saturated heterocycles. The molecule has 0 unspecified atom stereocenters. The van der Waals surface area contributed by atoms with Crippen LogP contribution in [0.1, 0.15) is 75.7 Å². The summed E-state index contributed by atoms with van der Waals surface area (Å²) in [5, 5.41) is 4.48. The fourth-order valence-corrected chi connectivity index (χ4v) is 4.06. The number of fused-ring (bicyclic) bond motifs is 1. The van der Waals surface area contributed by atoms with Crippen LogP contribution in [0.5, 0.6) is 0 Å². The maximum Gasteiger partial charge on any atom is 0.253 e. The highest BCUT2D eigenvalue weighted by Crippen LogP contribution is 2.18. The molecule has 5 heteroatoms. The number of hydrogen-bond donors (Lipinski definition) is 0. The Balaban J connectivity index is 1.74. The van der Waals surface area contributed by atoms with Crippen LogP contribution in [0.3, 0.4) is 0 Å². The fourth-order valence-electron chi connectivity index (χ4n) is 4.06. The summed E-state index contributed by atoms with van der Waals surface area (Å²) in [4.78, 5) is 17.9. The van der Waals surface area contributed by atoms with E-state index in [1.165, 1.54) is 32.4 Å². The maximum atomic E-state index is 13.3. The minimum absolute atomic E-state index is 0.133. The average molecular weight is 425 g/mol. The Morgan fingerprint density at radius 1 is 1.10 bits per heavy atom. The van der Waals surface area contributed by atoms with Crippen LogP contribution in [0.2, 0.25) is 0 Å². The number of hydrogen-bond acceptors (Lipinski definition) is 3. The molecular formula is C26H40N4O. The first kappa shape index (κ1) is 23.5. The summed E-state index contributed by atoms with van der Waals surface area (Å²) in [6.45, 7) is 13.9. The van der Waals surface area contributed by atoms with Gasteiger partial charge in [-0.2, -0.15) is 5.10 Å². The zero-order chi connectivity index (χ0) is 22.2. The molecule has 1 aliphatic rings. The third-order valence-corrected chi connectivity index (χ3v) is 6.15. The Bertz CT molecular complexity index is 849. The molecule has 0 N–H and O–H groups in total. The fraction of sp³-hybridized carbons (Fsp3) is 0.615. The Hall–Kier alpha value is -2.14. The van der Waals surface area contributed by atoms with Crippen LogP contribution < -0.4 is 0 Å². The topological polar surface area (TPSA) is 40.9 Å². The van der Waals surface area contributed by atoms with Crippen LogP contribution in [0.25, 0.3) is 11.6 Å². The van der Waals surface area contributed by atoms with E-state index in [0.29, 0.717) is 11.8 Å². The van der Waals surface area contributed by atoms with Crippen molar-refractivity contribution in [3.63, 3.8) is 0 Å². The standard InChI is InChI=1S/C26H40N4O/c1-21(2)10-16-29(17-11-22(3)4)26(31)23-12-18-30-25(19-23)24(20-27-30)9-8-15-28-13-6-5-7-14-28/h8-9,12,18-22H,5-7,10-11,13-17H2,1-4H3. The van der Waals surface area contributed by atoms with E-state index in [1.54, 1.807) is 0 Å². The van der Waals surface area contributed by atoms with Crippen molar-refractivity contribution in [1.29, 1.82) is 0 Å². The summed E-state index contributed by atoms with van der Waals surface area (Å²) in [6.07, 6.45) is 14.2. The van der Waals surface area contributed by atoms with Gasteiger partial charge in [0.25, 0.3) is 5.91 Å². The van der Waals surface area contributed by atoms with Crippen molar-refractivity contribution in [2.24, 2.45) is 11.8 Å². The zero-order valence-corrected chi connectivity index (χ0v) is 19.9. The van der Waals surface area contributed by atoms with Gasteiger partial charge < -0.3 is 4.90 Å². The van der Waals surface area contributed by atoms with Crippen LogP contribution in [0.15, 0.2) is 30.6 Å². The van der Waals surface area contributed by atoms with Crippen molar-refractivity contribution in [3.8, 4) is 0 Å². The Morgan fingerprint density at radius 2 is 1.77 bits per heavy atom. The van der Waals surface area contributed by atoms with Gasteiger partial charge in [-0.05, 0) is 62.7 Å². The number of piperidine rings is 1. The van der Waals surface area contributed by atoms with Crippen molar-refractivity contribution < 1.29 is 4.79 Å². The van der Waals surface area contributed by atoms with Crippen LogP contribution in [0, 0.1) is 11.8 Å². The summed E-state index contributed by atoms with van der Waals surface area (Å²) in [5.41, 5.74) is 2.82. The number of carbonyl (C=O) groups is 1. The lowest BCUT2D eigenvalue weighted by Crippen LogP contribution is -2.34. The van der Waals surface area contributed by atoms with Crippen LogP contribution in [0.4, 0.5) is 0 Å². The van der Waals surface area contributed by atoms with E-state index in [9.17, 15) is 4.79 Å². The minimum atomic E-state index is 0.133. The van der Waals surface area contributed by atoms with E-state index in [1.807, 2.05) is 33.9 Å². The molecule has 2 aromatic heterocycles. The van der Waals surface area contributed by atoms with Crippen molar-refractivity contribution in [1.82, 2.24) is 19.4 Å². The minimum Gasteiger partial charge on any atom is -0.339 e. The first-order valence-electron chi connectivity index (χ1n) is 12.1. The quantitative estimate of drug-likeness (QED) is 0.515. The van der Waals surface area contributed by atoms with Crippen molar-refractivity contribution in [2.75, 3.05) is 32.7 Å². The monoisotopic (exact) mass is 424 g/mol. The van der Waals surface area contributed by atoms with Gasteiger partial charge in [0.1, 0.15) is 0 Å². The SMILES string of the molecule is CC(C)CCN(CCC(C)C)C(=O)c1ccn2ncc(C=CCN3CCCCC3)c2c1. The van der Waals surface area contributed by atoms with Crippen LogP contribution >= 0.6 is 0 Å². The second-order valence-corrected chi connectivity index (χ2v) is 9.77. The molecule has 0 aromatic carbocycles. The number of likely N-dealkylation sites (tertiary alicyclic amines) is 1.